The van der Waals surface area contributed by atoms with Crippen LogP contribution in [0, 0.1) is 5.92 Å². The molecule has 0 aliphatic carbocycles. The largest absolute Gasteiger partial charge is 0.317 e. The molecule has 0 bridgehead atoms. The van der Waals surface area contributed by atoms with Gasteiger partial charge in [0.05, 0.1) is 0 Å². The Morgan fingerprint density at radius 3 is 2.79 bits per heavy atom. The van der Waals surface area contributed by atoms with Crippen LogP contribution in [0.1, 0.15) is 13.3 Å². The molecule has 0 aromatic carbocycles. The molecular formula is C10H18Cl2N2. The number of hydrogen-bond donors (Lipinski definition) is 1. The predicted octanol–water partition coefficient (Wildman–Crippen LogP) is 2.24. The lowest BCUT2D eigenvalue weighted by Gasteiger charge is -2.36. The number of hydrogen-bond acceptors (Lipinski definition) is 2. The molecule has 1 fully saturated rings. The highest BCUT2D eigenvalue weighted by atomic mass is 35.5. The molecule has 4 heteroatoms. The third-order valence-electron chi connectivity index (χ3n) is 2.86. The summed E-state index contributed by atoms with van der Waals surface area (Å²) in [7, 11) is 2.03. The fraction of sp³-hybridized carbons (Fsp3) is 0.800. The third kappa shape index (κ3) is 3.77. The maximum Gasteiger partial charge on any atom is 0.104 e. The number of piperidine rings is 1. The van der Waals surface area contributed by atoms with Gasteiger partial charge in [0.15, 0.2) is 0 Å². The Kier molecular flexibility index (Phi) is 5.24. The summed E-state index contributed by atoms with van der Waals surface area (Å²) in [5.74, 6) is 0.691. The second-order valence-corrected chi connectivity index (χ2v) is 4.92. The SMILES string of the molecule is CNC1CCN(CC=C(Cl)Cl)CC1C. The Morgan fingerprint density at radius 1 is 1.57 bits per heavy atom. The van der Waals surface area contributed by atoms with Crippen molar-refractivity contribution >= 4 is 23.2 Å². The van der Waals surface area contributed by atoms with Gasteiger partial charge in [-0.2, -0.15) is 0 Å². The zero-order valence-electron chi connectivity index (χ0n) is 8.76. The zero-order chi connectivity index (χ0) is 10.6. The smallest absolute Gasteiger partial charge is 0.104 e. The van der Waals surface area contributed by atoms with Crippen molar-refractivity contribution in [3.63, 3.8) is 0 Å². The first-order valence-electron chi connectivity index (χ1n) is 5.04. The highest BCUT2D eigenvalue weighted by Gasteiger charge is 2.23. The number of nitrogens with one attached hydrogen (secondary N) is 1. The summed E-state index contributed by atoms with van der Waals surface area (Å²) in [6.45, 7) is 5.37. The van der Waals surface area contributed by atoms with Crippen LogP contribution in [-0.2, 0) is 0 Å². The average molecular weight is 237 g/mol. The molecule has 0 aromatic heterocycles. The summed E-state index contributed by atoms with van der Waals surface area (Å²) < 4.78 is 0.369. The molecule has 1 rings (SSSR count). The van der Waals surface area contributed by atoms with Crippen LogP contribution in [0.25, 0.3) is 0 Å². The molecule has 1 aliphatic heterocycles. The van der Waals surface area contributed by atoms with Gasteiger partial charge in [0.25, 0.3) is 0 Å². The quantitative estimate of drug-likeness (QED) is 0.809. The topological polar surface area (TPSA) is 15.3 Å². The highest BCUT2D eigenvalue weighted by molar-refractivity contribution is 6.55. The van der Waals surface area contributed by atoms with Crippen LogP contribution in [0.3, 0.4) is 0 Å². The Morgan fingerprint density at radius 2 is 2.29 bits per heavy atom. The lowest BCUT2D eigenvalue weighted by Crippen LogP contribution is -2.47. The van der Waals surface area contributed by atoms with E-state index in [1.165, 1.54) is 6.42 Å². The molecule has 2 nitrogen and oxygen atoms in total. The lowest BCUT2D eigenvalue weighted by molar-refractivity contribution is 0.165. The molecule has 0 saturated carbocycles. The molecule has 82 valence electrons. The molecule has 14 heavy (non-hydrogen) atoms. The molecule has 1 saturated heterocycles. The van der Waals surface area contributed by atoms with Crippen LogP contribution in [0.15, 0.2) is 10.6 Å². The van der Waals surface area contributed by atoms with E-state index < -0.39 is 0 Å². The summed E-state index contributed by atoms with van der Waals surface area (Å²) in [5.41, 5.74) is 0. The van der Waals surface area contributed by atoms with Crippen molar-refractivity contribution in [2.75, 3.05) is 26.7 Å². The van der Waals surface area contributed by atoms with Crippen LogP contribution < -0.4 is 5.32 Å². The van der Waals surface area contributed by atoms with Crippen molar-refractivity contribution in [1.82, 2.24) is 10.2 Å². The maximum atomic E-state index is 5.58. The number of halogens is 2. The Hall–Kier alpha value is 0.240. The number of likely N-dealkylation sites (tertiary alicyclic amines) is 1. The van der Waals surface area contributed by atoms with Crippen molar-refractivity contribution in [3.05, 3.63) is 10.6 Å². The Balaban J connectivity index is 2.35. The Labute approximate surface area is 96.2 Å². The van der Waals surface area contributed by atoms with Crippen molar-refractivity contribution in [3.8, 4) is 0 Å². The minimum absolute atomic E-state index is 0.369. The normalized spacial score (nSPS) is 28.9. The van der Waals surface area contributed by atoms with Crippen molar-refractivity contribution in [2.24, 2.45) is 5.92 Å². The van der Waals surface area contributed by atoms with E-state index in [0.29, 0.717) is 16.5 Å². The first-order chi connectivity index (χ1) is 6.63. The van der Waals surface area contributed by atoms with Gasteiger partial charge in [-0.15, -0.1) is 0 Å². The van der Waals surface area contributed by atoms with E-state index in [1.54, 1.807) is 0 Å². The second kappa shape index (κ2) is 5.96. The van der Waals surface area contributed by atoms with Crippen LogP contribution in [-0.4, -0.2) is 37.6 Å². The minimum Gasteiger partial charge on any atom is -0.317 e. The summed E-state index contributed by atoms with van der Waals surface area (Å²) in [6, 6.07) is 0.654. The molecule has 1 heterocycles. The van der Waals surface area contributed by atoms with Gasteiger partial charge in [0.1, 0.15) is 4.49 Å². The molecule has 2 unspecified atom stereocenters. The minimum atomic E-state index is 0.369. The van der Waals surface area contributed by atoms with E-state index in [9.17, 15) is 0 Å². The van der Waals surface area contributed by atoms with Crippen LogP contribution in [0.5, 0.6) is 0 Å². The first kappa shape index (κ1) is 12.3. The van der Waals surface area contributed by atoms with E-state index in [0.717, 1.165) is 19.6 Å². The summed E-state index contributed by atoms with van der Waals surface area (Å²) >= 11 is 11.2. The summed E-state index contributed by atoms with van der Waals surface area (Å²) in [5, 5.41) is 3.34. The maximum absolute atomic E-state index is 5.58. The molecule has 1 aliphatic rings. The van der Waals surface area contributed by atoms with Gasteiger partial charge in [0.2, 0.25) is 0 Å². The fourth-order valence-corrected chi connectivity index (χ4v) is 2.16. The van der Waals surface area contributed by atoms with Gasteiger partial charge >= 0.3 is 0 Å². The Bertz CT molecular complexity index is 202. The average Bonchev–Trinajstić information content (AvgIpc) is 2.15. The van der Waals surface area contributed by atoms with E-state index in [1.807, 2.05) is 13.1 Å². The summed E-state index contributed by atoms with van der Waals surface area (Å²) in [6.07, 6.45) is 3.06. The van der Waals surface area contributed by atoms with E-state index >= 15 is 0 Å². The van der Waals surface area contributed by atoms with Gasteiger partial charge in [-0.05, 0) is 32.0 Å². The van der Waals surface area contributed by atoms with E-state index in [4.69, 9.17) is 23.2 Å². The molecule has 0 aromatic rings. The van der Waals surface area contributed by atoms with Crippen LogP contribution >= 0.6 is 23.2 Å². The van der Waals surface area contributed by atoms with Crippen molar-refractivity contribution in [2.45, 2.75) is 19.4 Å². The number of nitrogens with zero attached hydrogens (tertiary/aromatic N) is 1. The monoisotopic (exact) mass is 236 g/mol. The lowest BCUT2D eigenvalue weighted by atomic mass is 9.94. The predicted molar refractivity (Wildman–Crippen MR) is 62.9 cm³/mol. The molecule has 0 amide bonds. The van der Waals surface area contributed by atoms with Gasteiger partial charge in [-0.3, -0.25) is 4.90 Å². The van der Waals surface area contributed by atoms with E-state index in [-0.39, 0.29) is 0 Å². The van der Waals surface area contributed by atoms with Crippen molar-refractivity contribution in [1.29, 1.82) is 0 Å². The molecular weight excluding hydrogens is 219 g/mol. The van der Waals surface area contributed by atoms with Gasteiger partial charge in [-0.1, -0.05) is 30.1 Å². The second-order valence-electron chi connectivity index (χ2n) is 3.91. The van der Waals surface area contributed by atoms with Crippen LogP contribution in [0.4, 0.5) is 0 Å². The highest BCUT2D eigenvalue weighted by Crippen LogP contribution is 2.17. The zero-order valence-corrected chi connectivity index (χ0v) is 10.3. The van der Waals surface area contributed by atoms with Crippen LogP contribution in [0.2, 0.25) is 0 Å². The molecule has 0 spiro atoms. The van der Waals surface area contributed by atoms with Gasteiger partial charge in [0, 0.05) is 19.1 Å². The number of rotatable bonds is 3. The molecule has 0 radical (unpaired) electrons. The summed E-state index contributed by atoms with van der Waals surface area (Å²) in [4.78, 5) is 2.38. The van der Waals surface area contributed by atoms with Crippen molar-refractivity contribution < 1.29 is 0 Å². The molecule has 1 N–H and O–H groups in total. The first-order valence-corrected chi connectivity index (χ1v) is 5.80. The van der Waals surface area contributed by atoms with E-state index in [2.05, 4.69) is 17.1 Å². The standard InChI is InChI=1S/C10H18Cl2N2/c1-8-7-14(6-4-10(11)12)5-3-9(8)13-2/h4,8-9,13H,3,5-7H2,1-2H3. The fourth-order valence-electron chi connectivity index (χ4n) is 2.02. The van der Waals surface area contributed by atoms with Gasteiger partial charge < -0.3 is 5.32 Å². The third-order valence-corrected chi connectivity index (χ3v) is 3.17. The van der Waals surface area contributed by atoms with Gasteiger partial charge in [-0.25, -0.2) is 0 Å². The molecule has 2 atom stereocenters.